The fourth-order valence-electron chi connectivity index (χ4n) is 7.50. The number of hydrogen-bond donors (Lipinski definition) is 4. The highest BCUT2D eigenvalue weighted by Gasteiger charge is 2.63. The molecule has 16 heteroatoms. The van der Waals surface area contributed by atoms with E-state index in [4.69, 9.17) is 25.9 Å². The summed E-state index contributed by atoms with van der Waals surface area (Å²) in [6, 6.07) is 1.58. The quantitative estimate of drug-likeness (QED) is 0.325. The minimum atomic E-state index is -3.89. The molecule has 0 radical (unpaired) electrons. The lowest BCUT2D eigenvalue weighted by Gasteiger charge is -2.30. The molecule has 6 aliphatic rings. The predicted molar refractivity (Wildman–Crippen MR) is 190 cm³/mol. The number of amides is 4. The van der Waals surface area contributed by atoms with Gasteiger partial charge in [-0.3, -0.25) is 29.4 Å². The monoisotopic (exact) mass is 759 g/mol. The zero-order valence-corrected chi connectivity index (χ0v) is 31.2. The number of nitrogens with one attached hydrogen (secondary N) is 4. The Labute approximate surface area is 308 Å². The SMILES string of the molecule is CC(C)(C)OC(=O)N[C@H]1CCCCCC=C[C@@H]2C[C@@]2(C(=O)NS(=O)(=O)C2CC2)NC(=O)[C@@H]2C[C@]3(C=C(c4cc(Cl)c5c(c4)CCO5)NO3)CN2C1=O. The van der Waals surface area contributed by atoms with Crippen molar-refractivity contribution in [3.8, 4) is 5.75 Å². The molecule has 282 valence electrons. The molecule has 1 aromatic rings. The van der Waals surface area contributed by atoms with Gasteiger partial charge in [-0.25, -0.2) is 13.2 Å². The van der Waals surface area contributed by atoms with Gasteiger partial charge in [0.05, 0.1) is 29.1 Å². The van der Waals surface area contributed by atoms with E-state index in [0.29, 0.717) is 61.6 Å². The summed E-state index contributed by atoms with van der Waals surface area (Å²) < 4.78 is 39.0. The summed E-state index contributed by atoms with van der Waals surface area (Å²) in [6.45, 7) is 5.66. The number of halogens is 1. The Morgan fingerprint density at radius 3 is 2.63 bits per heavy atom. The van der Waals surface area contributed by atoms with Gasteiger partial charge in [0.2, 0.25) is 21.8 Å². The van der Waals surface area contributed by atoms with Gasteiger partial charge in [-0.15, -0.1) is 0 Å². The van der Waals surface area contributed by atoms with Gasteiger partial charge in [0.15, 0.2) is 0 Å². The van der Waals surface area contributed by atoms with Crippen LogP contribution in [0.2, 0.25) is 5.02 Å². The standard InChI is InChI=1S/C36H46ClN5O9S/c1-34(2,3)50-33(46)38-26-10-8-6-4-5-7-9-23-17-36(23,32(45)41-52(47,48)24-11-12-24)39-30(43)28-19-35(20-42(28)31(26)44)18-27(40-51-35)22-15-21-13-14-49-29(21)25(37)16-22/h7,9,15-16,18,23-24,26,28,40H,4-6,8,10-14,17,19-20H2,1-3H3,(H,38,46)(H,39,43)(H,41,45)/t23-,26+,28+,35-,36-/m1/s1. The van der Waals surface area contributed by atoms with Crippen LogP contribution < -0.4 is 25.6 Å². The van der Waals surface area contributed by atoms with Crippen LogP contribution in [0, 0.1) is 5.92 Å². The van der Waals surface area contributed by atoms with E-state index in [2.05, 4.69) is 20.8 Å². The number of alkyl carbamates (subject to hydrolysis) is 1. The summed E-state index contributed by atoms with van der Waals surface area (Å²) in [7, 11) is -3.89. The van der Waals surface area contributed by atoms with Crippen LogP contribution in [0.15, 0.2) is 30.4 Å². The Kier molecular flexibility index (Phi) is 9.52. The van der Waals surface area contributed by atoms with Crippen molar-refractivity contribution in [2.24, 2.45) is 5.92 Å². The Morgan fingerprint density at radius 2 is 1.88 bits per heavy atom. The van der Waals surface area contributed by atoms with E-state index in [1.165, 1.54) is 4.90 Å². The highest BCUT2D eigenvalue weighted by atomic mass is 35.5. The first-order chi connectivity index (χ1) is 24.6. The van der Waals surface area contributed by atoms with Crippen molar-refractivity contribution in [1.82, 2.24) is 25.7 Å². The lowest BCUT2D eigenvalue weighted by atomic mass is 9.97. The molecule has 2 saturated carbocycles. The predicted octanol–water partition coefficient (Wildman–Crippen LogP) is 3.39. The number of rotatable bonds is 5. The molecule has 4 amide bonds. The fourth-order valence-corrected chi connectivity index (χ4v) is 9.16. The van der Waals surface area contributed by atoms with Crippen molar-refractivity contribution in [2.45, 2.75) is 119 Å². The maximum Gasteiger partial charge on any atom is 0.408 e. The van der Waals surface area contributed by atoms with Crippen molar-refractivity contribution < 1.29 is 41.9 Å². The fraction of sp³-hybridized carbons (Fsp3) is 0.611. The summed E-state index contributed by atoms with van der Waals surface area (Å²) in [5.41, 5.74) is 1.81. The third-order valence-corrected chi connectivity index (χ3v) is 12.5. The zero-order chi connectivity index (χ0) is 37.1. The first-order valence-corrected chi connectivity index (χ1v) is 20.0. The lowest BCUT2D eigenvalue weighted by Crippen LogP contribution is -2.58. The van der Waals surface area contributed by atoms with Crippen LogP contribution in [0.1, 0.15) is 89.7 Å². The molecular weight excluding hydrogens is 714 g/mol. The molecule has 0 bridgehead atoms. The van der Waals surface area contributed by atoms with E-state index in [1.54, 1.807) is 26.8 Å². The number of benzene rings is 1. The molecule has 3 fully saturated rings. The first-order valence-electron chi connectivity index (χ1n) is 18.1. The highest BCUT2D eigenvalue weighted by Crippen LogP contribution is 2.47. The van der Waals surface area contributed by atoms with Crippen LogP contribution in [-0.2, 0) is 40.4 Å². The summed E-state index contributed by atoms with van der Waals surface area (Å²) in [6.07, 6.45) is 9.93. The summed E-state index contributed by atoms with van der Waals surface area (Å²) in [5.74, 6) is -1.70. The largest absolute Gasteiger partial charge is 0.491 e. The molecule has 1 aromatic carbocycles. The summed E-state index contributed by atoms with van der Waals surface area (Å²) in [5, 5.41) is 5.46. The van der Waals surface area contributed by atoms with Gasteiger partial charge in [0.1, 0.15) is 34.6 Å². The Balaban J connectivity index is 1.21. The van der Waals surface area contributed by atoms with E-state index in [0.717, 1.165) is 24.0 Å². The minimum Gasteiger partial charge on any atom is -0.491 e. The number of nitrogens with zero attached hydrogens (tertiary/aromatic N) is 1. The van der Waals surface area contributed by atoms with Crippen molar-refractivity contribution in [2.75, 3.05) is 13.2 Å². The number of hydroxylamine groups is 1. The number of hydrogen-bond acceptors (Lipinski definition) is 10. The topological polar surface area (TPSA) is 181 Å². The molecule has 14 nitrogen and oxygen atoms in total. The van der Waals surface area contributed by atoms with Gasteiger partial charge < -0.3 is 25.0 Å². The highest BCUT2D eigenvalue weighted by molar-refractivity contribution is 7.91. The number of sulfonamides is 1. The van der Waals surface area contributed by atoms with E-state index >= 15 is 0 Å². The van der Waals surface area contributed by atoms with Gasteiger partial charge in [-0.2, -0.15) is 0 Å². The molecule has 4 N–H and O–H groups in total. The maximum atomic E-state index is 14.5. The molecule has 4 heterocycles. The van der Waals surface area contributed by atoms with Gasteiger partial charge >= 0.3 is 6.09 Å². The molecule has 52 heavy (non-hydrogen) atoms. The van der Waals surface area contributed by atoms with Gasteiger partial charge in [0.25, 0.3) is 5.91 Å². The van der Waals surface area contributed by atoms with Crippen LogP contribution in [0.5, 0.6) is 5.75 Å². The third-order valence-electron chi connectivity index (χ3n) is 10.4. The minimum absolute atomic E-state index is 0.0145. The first kappa shape index (κ1) is 36.5. The maximum absolute atomic E-state index is 14.5. The zero-order valence-electron chi connectivity index (χ0n) is 29.6. The molecule has 1 saturated heterocycles. The van der Waals surface area contributed by atoms with Crippen LogP contribution in [-0.4, -0.2) is 84.4 Å². The summed E-state index contributed by atoms with van der Waals surface area (Å²) in [4.78, 5) is 63.2. The molecule has 2 aliphatic carbocycles. The lowest BCUT2D eigenvalue weighted by molar-refractivity contribution is -0.141. The molecule has 0 aromatic heterocycles. The Bertz CT molecular complexity index is 1840. The van der Waals surface area contributed by atoms with Gasteiger partial charge in [-0.1, -0.05) is 36.6 Å². The molecule has 0 unspecified atom stereocenters. The second-order valence-corrected chi connectivity index (χ2v) is 18.1. The van der Waals surface area contributed by atoms with E-state index in [9.17, 15) is 27.6 Å². The van der Waals surface area contributed by atoms with Gasteiger partial charge in [0, 0.05) is 24.3 Å². The van der Waals surface area contributed by atoms with E-state index < -0.39 is 73.8 Å². The van der Waals surface area contributed by atoms with Crippen molar-refractivity contribution in [3.05, 3.63) is 46.5 Å². The third kappa shape index (κ3) is 7.49. The molecular formula is C36H46ClN5O9S. The molecule has 5 atom stereocenters. The normalized spacial score (nSPS) is 30.4. The van der Waals surface area contributed by atoms with Crippen LogP contribution in [0.4, 0.5) is 4.79 Å². The second kappa shape index (κ2) is 13.5. The average molecular weight is 760 g/mol. The Morgan fingerprint density at radius 1 is 1.10 bits per heavy atom. The van der Waals surface area contributed by atoms with Crippen molar-refractivity contribution in [1.29, 1.82) is 0 Å². The van der Waals surface area contributed by atoms with Crippen LogP contribution in [0.25, 0.3) is 5.70 Å². The van der Waals surface area contributed by atoms with Crippen LogP contribution in [0.3, 0.4) is 0 Å². The van der Waals surface area contributed by atoms with Gasteiger partial charge in [-0.05, 0) is 83.1 Å². The van der Waals surface area contributed by atoms with Crippen molar-refractivity contribution >= 4 is 51.1 Å². The number of carbonyl (C=O) groups is 4. The van der Waals surface area contributed by atoms with Crippen LogP contribution >= 0.6 is 11.6 Å². The van der Waals surface area contributed by atoms with Crippen molar-refractivity contribution in [3.63, 3.8) is 0 Å². The average Bonchev–Trinajstić information content (AvgIpc) is 3.89. The number of fused-ring (bicyclic) bond motifs is 3. The number of ether oxygens (including phenoxy) is 2. The second-order valence-electron chi connectivity index (χ2n) is 15.8. The summed E-state index contributed by atoms with van der Waals surface area (Å²) >= 11 is 6.54. The number of allylic oxidation sites excluding steroid dienone is 1. The van der Waals surface area contributed by atoms with E-state index in [1.807, 2.05) is 24.3 Å². The smallest absolute Gasteiger partial charge is 0.408 e. The Hall–Kier alpha value is -3.82. The van der Waals surface area contributed by atoms with E-state index in [-0.39, 0.29) is 19.4 Å². The number of carbonyl (C=O) groups excluding carboxylic acids is 4. The molecule has 4 aliphatic heterocycles. The molecule has 1 spiro atoms. The molecule has 7 rings (SSSR count).